The Bertz CT molecular complexity index is 5820. The lowest BCUT2D eigenvalue weighted by atomic mass is 9.87. The summed E-state index contributed by atoms with van der Waals surface area (Å²) in [4.78, 5) is 0. The van der Waals surface area contributed by atoms with E-state index in [-0.39, 0.29) is 0 Å². The number of aromatic nitrogens is 4. The molecule has 0 aliphatic heterocycles. The third-order valence-electron chi connectivity index (χ3n) is 18.0. The van der Waals surface area contributed by atoms with Gasteiger partial charge in [-0.3, -0.25) is 0 Å². The van der Waals surface area contributed by atoms with Crippen LogP contribution in [0.15, 0.2) is 283 Å². The minimum Gasteiger partial charge on any atom is -0.454 e. The second-order valence-corrected chi connectivity index (χ2v) is 22.4. The van der Waals surface area contributed by atoms with Crippen molar-refractivity contribution in [1.29, 1.82) is 10.5 Å². The molecule has 0 radical (unpaired) electrons. The molecule has 5 aromatic heterocycles. The van der Waals surface area contributed by atoms with Crippen LogP contribution in [0.2, 0.25) is 0 Å². The standard InChI is InChI=1S/C80H46N6O/c81-47-64-75(83-66-35-14-7-26-54(66)55-27-8-15-36-67(55)83)76(84-68-37-16-9-28-56(68)57-29-10-17-38-69(57)84)65(48-82)78(77(64)85-70-39-18-11-30-58(70)59-31-12-19-40-71(59)85)86-72-45-42-51(46-63(72)61-43-44-62-60-32-13-20-41-73(60)87-80(62)79(61)86)74-52(49-22-3-1-4-23-49)33-21-34-53(74)50-24-5-2-6-25-50/h1-46H. The van der Waals surface area contributed by atoms with Crippen molar-refractivity contribution in [2.45, 2.75) is 0 Å². The molecule has 402 valence electrons. The second kappa shape index (κ2) is 18.7. The molecule has 7 heteroatoms. The molecule has 0 unspecified atom stereocenters. The molecule has 0 aliphatic carbocycles. The van der Waals surface area contributed by atoms with Gasteiger partial charge in [0.05, 0.1) is 66.9 Å². The summed E-state index contributed by atoms with van der Waals surface area (Å²) >= 11 is 0. The Hall–Kier alpha value is -12.2. The minimum absolute atomic E-state index is 0.367. The van der Waals surface area contributed by atoms with E-state index >= 15 is 0 Å². The van der Waals surface area contributed by atoms with Crippen LogP contribution in [0.5, 0.6) is 0 Å². The maximum absolute atomic E-state index is 13.0. The average Bonchev–Trinajstić information content (AvgIpc) is 1.68. The van der Waals surface area contributed by atoms with Gasteiger partial charge in [0.2, 0.25) is 0 Å². The van der Waals surface area contributed by atoms with Gasteiger partial charge in [0.15, 0.2) is 5.58 Å². The summed E-state index contributed by atoms with van der Waals surface area (Å²) in [5.41, 5.74) is 18.0. The summed E-state index contributed by atoms with van der Waals surface area (Å²) in [6.07, 6.45) is 0. The van der Waals surface area contributed by atoms with Crippen molar-refractivity contribution in [2.24, 2.45) is 0 Å². The average molecular weight is 1110 g/mol. The van der Waals surface area contributed by atoms with E-state index in [4.69, 9.17) is 4.42 Å². The molecule has 87 heavy (non-hydrogen) atoms. The molecule has 0 N–H and O–H groups in total. The number of nitrogens with zero attached hydrogens (tertiary/aromatic N) is 6. The maximum atomic E-state index is 13.0. The molecule has 13 aromatic carbocycles. The normalized spacial score (nSPS) is 11.9. The predicted octanol–water partition coefficient (Wildman–Crippen LogP) is 20.7. The lowest BCUT2D eigenvalue weighted by Gasteiger charge is -2.27. The zero-order valence-corrected chi connectivity index (χ0v) is 46.6. The minimum atomic E-state index is 0.367. The lowest BCUT2D eigenvalue weighted by molar-refractivity contribution is 0.671. The number of rotatable bonds is 7. The van der Waals surface area contributed by atoms with Gasteiger partial charge in [-0.2, -0.15) is 10.5 Å². The van der Waals surface area contributed by atoms with Crippen molar-refractivity contribution < 1.29 is 4.42 Å². The van der Waals surface area contributed by atoms with E-state index in [0.29, 0.717) is 39.5 Å². The summed E-state index contributed by atoms with van der Waals surface area (Å²) in [6, 6.07) is 104. The van der Waals surface area contributed by atoms with Crippen molar-refractivity contribution in [3.63, 3.8) is 0 Å². The largest absolute Gasteiger partial charge is 0.454 e. The van der Waals surface area contributed by atoms with Crippen LogP contribution in [-0.2, 0) is 0 Å². The number of furan rings is 1. The summed E-state index contributed by atoms with van der Waals surface area (Å²) in [6.45, 7) is 0. The number of hydrogen-bond acceptors (Lipinski definition) is 3. The topological polar surface area (TPSA) is 80.4 Å². The molecule has 0 bridgehead atoms. The molecule has 0 aliphatic rings. The molecular weight excluding hydrogens is 1060 g/mol. The molecule has 0 spiro atoms. The van der Waals surface area contributed by atoms with Crippen LogP contribution < -0.4 is 0 Å². The van der Waals surface area contributed by atoms with Gasteiger partial charge in [0.25, 0.3) is 0 Å². The van der Waals surface area contributed by atoms with Crippen molar-refractivity contribution in [1.82, 2.24) is 18.3 Å². The van der Waals surface area contributed by atoms with E-state index in [1.807, 2.05) is 12.1 Å². The maximum Gasteiger partial charge on any atom is 0.160 e. The van der Waals surface area contributed by atoms with Gasteiger partial charge >= 0.3 is 0 Å². The van der Waals surface area contributed by atoms with Gasteiger partial charge < -0.3 is 22.7 Å². The fourth-order valence-electron chi connectivity index (χ4n) is 14.5. The van der Waals surface area contributed by atoms with Crippen LogP contribution in [0.25, 0.3) is 165 Å². The van der Waals surface area contributed by atoms with Crippen molar-refractivity contribution in [3.8, 4) is 68.3 Å². The first kappa shape index (κ1) is 48.4. The van der Waals surface area contributed by atoms with E-state index in [0.717, 1.165) is 137 Å². The van der Waals surface area contributed by atoms with Crippen LogP contribution >= 0.6 is 0 Å². The Morgan fingerprint density at radius 2 is 0.621 bits per heavy atom. The van der Waals surface area contributed by atoms with Crippen molar-refractivity contribution in [3.05, 3.63) is 290 Å². The van der Waals surface area contributed by atoms with Gasteiger partial charge in [0.1, 0.15) is 28.8 Å². The van der Waals surface area contributed by atoms with Crippen LogP contribution in [0, 0.1) is 22.7 Å². The second-order valence-electron chi connectivity index (χ2n) is 22.4. The highest BCUT2D eigenvalue weighted by Crippen LogP contribution is 2.51. The SMILES string of the molecule is N#Cc1c(-n2c3ccccc3c3ccccc32)c(-n2c3ccccc3c3ccccc32)c(C#N)c(-n2c3ccc(-c4c(-c5ccccc5)cccc4-c4ccccc4)cc3c3ccc4c5ccccc5oc4c32)c1-n1c2ccccc2c2ccccc21. The van der Waals surface area contributed by atoms with Crippen LogP contribution in [-0.4, -0.2) is 18.3 Å². The molecule has 5 heterocycles. The summed E-state index contributed by atoms with van der Waals surface area (Å²) in [5, 5.41) is 35.9. The highest BCUT2D eigenvalue weighted by molar-refractivity contribution is 6.23. The van der Waals surface area contributed by atoms with Gasteiger partial charge in [-0.1, -0.05) is 218 Å². The molecule has 0 fully saturated rings. The monoisotopic (exact) mass is 1110 g/mol. The lowest BCUT2D eigenvalue weighted by Crippen LogP contribution is -2.16. The zero-order valence-electron chi connectivity index (χ0n) is 46.6. The molecular formula is C80H46N6O. The van der Waals surface area contributed by atoms with Gasteiger partial charge in [-0.25, -0.2) is 0 Å². The number of nitriles is 2. The number of para-hydroxylation sites is 7. The first-order valence-electron chi connectivity index (χ1n) is 29.3. The van der Waals surface area contributed by atoms with Crippen molar-refractivity contribution >= 4 is 109 Å². The molecule has 0 saturated heterocycles. The molecule has 0 saturated carbocycles. The Morgan fingerprint density at radius 3 is 1.05 bits per heavy atom. The number of hydrogen-bond donors (Lipinski definition) is 0. The van der Waals surface area contributed by atoms with Crippen molar-refractivity contribution in [2.75, 3.05) is 0 Å². The predicted molar refractivity (Wildman–Crippen MR) is 357 cm³/mol. The Labute approximate surface area is 498 Å². The number of benzene rings is 13. The van der Waals surface area contributed by atoms with E-state index in [9.17, 15) is 10.5 Å². The van der Waals surface area contributed by atoms with E-state index in [1.165, 1.54) is 0 Å². The summed E-state index contributed by atoms with van der Waals surface area (Å²) in [7, 11) is 0. The third kappa shape index (κ3) is 6.79. The fraction of sp³-hybridized carbons (Fsp3) is 0. The quantitative estimate of drug-likeness (QED) is 0.159. The first-order valence-corrected chi connectivity index (χ1v) is 29.3. The van der Waals surface area contributed by atoms with E-state index < -0.39 is 0 Å². The van der Waals surface area contributed by atoms with Crippen LogP contribution in [0.1, 0.15) is 11.1 Å². The molecule has 7 nitrogen and oxygen atoms in total. The smallest absolute Gasteiger partial charge is 0.160 e. The van der Waals surface area contributed by atoms with E-state index in [2.05, 4.69) is 297 Å². The Kier molecular flexibility index (Phi) is 10.4. The highest BCUT2D eigenvalue weighted by atomic mass is 16.3. The third-order valence-corrected chi connectivity index (χ3v) is 18.0. The zero-order chi connectivity index (χ0) is 57.4. The molecule has 18 aromatic rings. The molecule has 18 rings (SSSR count). The van der Waals surface area contributed by atoms with Crippen LogP contribution in [0.3, 0.4) is 0 Å². The Balaban J connectivity index is 1.10. The highest BCUT2D eigenvalue weighted by Gasteiger charge is 2.35. The van der Waals surface area contributed by atoms with Gasteiger partial charge in [-0.05, 0) is 94.0 Å². The summed E-state index contributed by atoms with van der Waals surface area (Å²) in [5.74, 6) is 0. The first-order chi connectivity index (χ1) is 43.2. The fourth-order valence-corrected chi connectivity index (χ4v) is 14.5. The van der Waals surface area contributed by atoms with Crippen LogP contribution in [0.4, 0.5) is 0 Å². The molecule has 0 atom stereocenters. The van der Waals surface area contributed by atoms with Gasteiger partial charge in [0, 0.05) is 53.9 Å². The number of fused-ring (bicyclic) bond motifs is 16. The van der Waals surface area contributed by atoms with Gasteiger partial charge in [-0.15, -0.1) is 0 Å². The summed E-state index contributed by atoms with van der Waals surface area (Å²) < 4.78 is 16.2. The Morgan fingerprint density at radius 1 is 0.264 bits per heavy atom. The van der Waals surface area contributed by atoms with E-state index in [1.54, 1.807) is 0 Å². The molecule has 0 amide bonds.